The van der Waals surface area contributed by atoms with Crippen molar-refractivity contribution in [2.75, 3.05) is 24.7 Å². The second kappa shape index (κ2) is 5.06. The fraction of sp³-hybridized carbons (Fsp3) is 1.00. The lowest BCUT2D eigenvalue weighted by Crippen LogP contribution is -2.32. The van der Waals surface area contributed by atoms with E-state index < -0.39 is 15.9 Å². The van der Waals surface area contributed by atoms with Gasteiger partial charge in [0.15, 0.2) is 9.84 Å². The van der Waals surface area contributed by atoms with Crippen LogP contribution in [0.25, 0.3) is 0 Å². The molecule has 0 aromatic rings. The molecule has 1 heterocycles. The highest BCUT2D eigenvalue weighted by atomic mass is 32.2. The first-order valence-electron chi connectivity index (χ1n) is 4.73. The summed E-state index contributed by atoms with van der Waals surface area (Å²) in [6.07, 6.45) is 0.559. The highest BCUT2D eigenvalue weighted by Crippen LogP contribution is 2.14. The Morgan fingerprint density at radius 1 is 1.57 bits per heavy atom. The molecular formula is C8H17NO4S. The lowest BCUT2D eigenvalue weighted by molar-refractivity contribution is 0.127. The first kappa shape index (κ1) is 11.9. The van der Waals surface area contributed by atoms with Crippen molar-refractivity contribution in [2.24, 2.45) is 5.73 Å². The molecule has 1 aliphatic heterocycles. The Kier molecular flexibility index (Phi) is 4.31. The summed E-state index contributed by atoms with van der Waals surface area (Å²) in [5, 5.41) is 9.12. The maximum absolute atomic E-state index is 11.5. The number of nitrogens with two attached hydrogens (primary N) is 1. The summed E-state index contributed by atoms with van der Waals surface area (Å²) in [6.45, 7) is 0.615. The third-order valence-corrected chi connectivity index (χ3v) is 3.95. The molecule has 0 spiro atoms. The van der Waals surface area contributed by atoms with Crippen LogP contribution in [0.2, 0.25) is 0 Å². The molecule has 2 unspecified atom stereocenters. The number of rotatable bonds is 5. The Balaban J connectivity index is 2.40. The zero-order chi connectivity index (χ0) is 10.6. The summed E-state index contributed by atoms with van der Waals surface area (Å²) in [7, 11) is -3.23. The van der Waals surface area contributed by atoms with Crippen LogP contribution < -0.4 is 5.73 Å². The van der Waals surface area contributed by atoms with E-state index in [0.717, 1.165) is 12.8 Å². The predicted molar refractivity (Wildman–Crippen MR) is 52.7 cm³/mol. The molecule has 5 nitrogen and oxygen atoms in total. The van der Waals surface area contributed by atoms with E-state index in [1.54, 1.807) is 0 Å². The molecule has 6 heteroatoms. The topological polar surface area (TPSA) is 89.6 Å². The molecular weight excluding hydrogens is 206 g/mol. The summed E-state index contributed by atoms with van der Waals surface area (Å²) in [6, 6.07) is 0. The molecule has 0 bridgehead atoms. The Morgan fingerprint density at radius 3 is 2.79 bits per heavy atom. The number of sulfone groups is 1. The summed E-state index contributed by atoms with van der Waals surface area (Å²) in [4.78, 5) is 0. The van der Waals surface area contributed by atoms with Crippen molar-refractivity contribution in [3.05, 3.63) is 0 Å². The molecule has 84 valence electrons. The minimum atomic E-state index is -3.23. The summed E-state index contributed by atoms with van der Waals surface area (Å²) in [5.74, 6) is -0.257. The Bertz CT molecular complexity index is 259. The van der Waals surface area contributed by atoms with Gasteiger partial charge in [-0.3, -0.25) is 0 Å². The van der Waals surface area contributed by atoms with E-state index in [0.29, 0.717) is 6.61 Å². The van der Waals surface area contributed by atoms with Crippen LogP contribution in [0.15, 0.2) is 0 Å². The van der Waals surface area contributed by atoms with Crippen LogP contribution in [0, 0.1) is 0 Å². The molecule has 0 aromatic heterocycles. The standard InChI is InChI=1S/C8H17NO4S/c9-4-7(10)5-14(11,12)6-8-2-1-3-13-8/h7-8,10H,1-6,9H2. The zero-order valence-corrected chi connectivity index (χ0v) is 8.87. The summed E-state index contributed by atoms with van der Waals surface area (Å²) < 4.78 is 28.1. The van der Waals surface area contributed by atoms with Gasteiger partial charge in [-0.05, 0) is 12.8 Å². The maximum atomic E-state index is 11.5. The van der Waals surface area contributed by atoms with Crippen molar-refractivity contribution in [1.82, 2.24) is 0 Å². The van der Waals surface area contributed by atoms with Gasteiger partial charge in [-0.25, -0.2) is 8.42 Å². The monoisotopic (exact) mass is 223 g/mol. The van der Waals surface area contributed by atoms with Gasteiger partial charge in [0.25, 0.3) is 0 Å². The van der Waals surface area contributed by atoms with Crippen molar-refractivity contribution in [3.63, 3.8) is 0 Å². The van der Waals surface area contributed by atoms with Gasteiger partial charge in [0.05, 0.1) is 23.7 Å². The van der Waals surface area contributed by atoms with Gasteiger partial charge < -0.3 is 15.6 Å². The molecule has 0 radical (unpaired) electrons. The van der Waals surface area contributed by atoms with Crippen LogP contribution in [-0.2, 0) is 14.6 Å². The molecule has 14 heavy (non-hydrogen) atoms. The predicted octanol–water partition coefficient (Wildman–Crippen LogP) is -1.10. The highest BCUT2D eigenvalue weighted by Gasteiger charge is 2.24. The quantitative estimate of drug-likeness (QED) is 0.617. The second-order valence-corrected chi connectivity index (χ2v) is 5.76. The van der Waals surface area contributed by atoms with Crippen molar-refractivity contribution >= 4 is 9.84 Å². The normalized spacial score (nSPS) is 25.1. The van der Waals surface area contributed by atoms with Gasteiger partial charge in [-0.15, -0.1) is 0 Å². The average Bonchev–Trinajstić information content (AvgIpc) is 2.54. The molecule has 0 aromatic carbocycles. The summed E-state index contributed by atoms with van der Waals surface area (Å²) >= 11 is 0. The minimum Gasteiger partial charge on any atom is -0.391 e. The lowest BCUT2D eigenvalue weighted by atomic mass is 10.3. The van der Waals surface area contributed by atoms with Gasteiger partial charge in [0.1, 0.15) is 0 Å². The van der Waals surface area contributed by atoms with Crippen LogP contribution in [0.1, 0.15) is 12.8 Å². The number of aliphatic hydroxyl groups excluding tert-OH is 1. The van der Waals surface area contributed by atoms with Crippen molar-refractivity contribution in [3.8, 4) is 0 Å². The zero-order valence-electron chi connectivity index (χ0n) is 8.05. The van der Waals surface area contributed by atoms with E-state index in [-0.39, 0.29) is 24.2 Å². The smallest absolute Gasteiger partial charge is 0.155 e. The molecule has 1 saturated heterocycles. The number of hydrogen-bond acceptors (Lipinski definition) is 5. The van der Waals surface area contributed by atoms with E-state index in [9.17, 15) is 8.42 Å². The van der Waals surface area contributed by atoms with E-state index >= 15 is 0 Å². The van der Waals surface area contributed by atoms with Gasteiger partial charge in [-0.2, -0.15) is 0 Å². The lowest BCUT2D eigenvalue weighted by Gasteiger charge is -2.12. The van der Waals surface area contributed by atoms with E-state index in [1.807, 2.05) is 0 Å². The molecule has 3 N–H and O–H groups in total. The van der Waals surface area contributed by atoms with Crippen LogP contribution in [0.3, 0.4) is 0 Å². The molecule has 0 amide bonds. The highest BCUT2D eigenvalue weighted by molar-refractivity contribution is 7.91. The minimum absolute atomic E-state index is 0.00403. The number of aliphatic hydroxyl groups is 1. The fourth-order valence-electron chi connectivity index (χ4n) is 1.49. The molecule has 0 saturated carbocycles. The Labute approximate surface area is 84.2 Å². The van der Waals surface area contributed by atoms with Crippen LogP contribution >= 0.6 is 0 Å². The molecule has 2 atom stereocenters. The third kappa shape index (κ3) is 3.91. The second-order valence-electron chi connectivity index (χ2n) is 3.60. The van der Waals surface area contributed by atoms with Gasteiger partial charge >= 0.3 is 0 Å². The molecule has 0 aliphatic carbocycles. The van der Waals surface area contributed by atoms with Gasteiger partial charge in [0, 0.05) is 13.2 Å². The number of hydrogen-bond donors (Lipinski definition) is 2. The third-order valence-electron chi connectivity index (χ3n) is 2.18. The van der Waals surface area contributed by atoms with Crippen LogP contribution in [-0.4, -0.2) is 50.4 Å². The Hall–Kier alpha value is -0.170. The molecule has 1 rings (SSSR count). The Morgan fingerprint density at radius 2 is 2.29 bits per heavy atom. The van der Waals surface area contributed by atoms with E-state index in [2.05, 4.69) is 0 Å². The van der Waals surface area contributed by atoms with Crippen molar-refractivity contribution < 1.29 is 18.3 Å². The SMILES string of the molecule is NCC(O)CS(=O)(=O)CC1CCCO1. The summed E-state index contributed by atoms with van der Waals surface area (Å²) in [5.41, 5.74) is 5.14. The van der Waals surface area contributed by atoms with E-state index in [4.69, 9.17) is 15.6 Å². The fourth-order valence-corrected chi connectivity index (χ4v) is 3.18. The first-order valence-corrected chi connectivity index (χ1v) is 6.56. The average molecular weight is 223 g/mol. The molecule has 1 aliphatic rings. The van der Waals surface area contributed by atoms with Crippen LogP contribution in [0.5, 0.6) is 0 Å². The maximum Gasteiger partial charge on any atom is 0.155 e. The van der Waals surface area contributed by atoms with E-state index in [1.165, 1.54) is 0 Å². The van der Waals surface area contributed by atoms with Crippen LogP contribution in [0.4, 0.5) is 0 Å². The van der Waals surface area contributed by atoms with Gasteiger partial charge in [0.2, 0.25) is 0 Å². The first-order chi connectivity index (χ1) is 6.53. The van der Waals surface area contributed by atoms with Crippen molar-refractivity contribution in [1.29, 1.82) is 0 Å². The number of ether oxygens (including phenoxy) is 1. The van der Waals surface area contributed by atoms with Gasteiger partial charge in [-0.1, -0.05) is 0 Å². The largest absolute Gasteiger partial charge is 0.391 e. The van der Waals surface area contributed by atoms with Crippen molar-refractivity contribution in [2.45, 2.75) is 25.0 Å². The molecule has 1 fully saturated rings.